The van der Waals surface area contributed by atoms with Crippen molar-refractivity contribution in [3.63, 3.8) is 0 Å². The topological polar surface area (TPSA) is 70.7 Å². The first-order valence-corrected chi connectivity index (χ1v) is 9.23. The van der Waals surface area contributed by atoms with E-state index in [0.717, 1.165) is 26.5 Å². The SMILES string of the molecule is Cc1nn(C)c2sc(C(=O)Nc3ccccc3SCCC#N)cc12. The average Bonchev–Trinajstić information content (AvgIpc) is 3.11. The van der Waals surface area contributed by atoms with Crippen LogP contribution in [-0.4, -0.2) is 21.4 Å². The first-order valence-electron chi connectivity index (χ1n) is 7.43. The summed E-state index contributed by atoms with van der Waals surface area (Å²) in [5.41, 5.74) is 1.70. The third-order valence-corrected chi connectivity index (χ3v) is 5.80. The number of rotatable bonds is 5. The number of anilines is 1. The number of hydrogen-bond acceptors (Lipinski definition) is 5. The third-order valence-electron chi connectivity index (χ3n) is 3.53. The van der Waals surface area contributed by atoms with Crippen molar-refractivity contribution in [3.8, 4) is 6.07 Å². The molecule has 0 aliphatic carbocycles. The van der Waals surface area contributed by atoms with E-state index in [4.69, 9.17) is 5.26 Å². The Kier molecular flexibility index (Phi) is 4.88. The number of carbonyl (C=O) groups is 1. The highest BCUT2D eigenvalue weighted by atomic mass is 32.2. The first-order chi connectivity index (χ1) is 11.6. The molecule has 0 saturated carbocycles. The van der Waals surface area contributed by atoms with Gasteiger partial charge in [0.1, 0.15) is 4.83 Å². The van der Waals surface area contributed by atoms with Crippen molar-refractivity contribution in [2.24, 2.45) is 7.05 Å². The standard InChI is InChI=1S/C17H16N4OS2/c1-11-12-10-15(24-17(12)21(2)20-11)16(22)19-13-6-3-4-7-14(13)23-9-5-8-18/h3-4,6-7,10H,5,9H2,1-2H3,(H,19,22). The molecule has 0 saturated heterocycles. The highest BCUT2D eigenvalue weighted by molar-refractivity contribution is 7.99. The molecule has 122 valence electrons. The monoisotopic (exact) mass is 356 g/mol. The summed E-state index contributed by atoms with van der Waals surface area (Å²) >= 11 is 3.01. The van der Waals surface area contributed by atoms with E-state index >= 15 is 0 Å². The number of aryl methyl sites for hydroxylation is 2. The van der Waals surface area contributed by atoms with E-state index in [0.29, 0.717) is 17.1 Å². The normalized spacial score (nSPS) is 10.7. The van der Waals surface area contributed by atoms with Crippen molar-refractivity contribution in [2.45, 2.75) is 18.2 Å². The Morgan fingerprint density at radius 3 is 3.00 bits per heavy atom. The van der Waals surface area contributed by atoms with Gasteiger partial charge in [-0.15, -0.1) is 23.1 Å². The van der Waals surface area contributed by atoms with Crippen LogP contribution in [0, 0.1) is 18.3 Å². The molecule has 1 aromatic carbocycles. The summed E-state index contributed by atoms with van der Waals surface area (Å²) in [5, 5.41) is 17.0. The van der Waals surface area contributed by atoms with Gasteiger partial charge < -0.3 is 5.32 Å². The lowest BCUT2D eigenvalue weighted by atomic mass is 10.3. The molecule has 0 fully saturated rings. The number of carbonyl (C=O) groups excluding carboxylic acids is 1. The smallest absolute Gasteiger partial charge is 0.265 e. The number of nitrogens with zero attached hydrogens (tertiary/aromatic N) is 3. The van der Waals surface area contributed by atoms with E-state index in [-0.39, 0.29) is 5.91 Å². The van der Waals surface area contributed by atoms with Crippen LogP contribution in [0.1, 0.15) is 21.8 Å². The number of amides is 1. The van der Waals surface area contributed by atoms with Crippen LogP contribution in [0.25, 0.3) is 10.2 Å². The van der Waals surface area contributed by atoms with Gasteiger partial charge in [-0.2, -0.15) is 10.4 Å². The summed E-state index contributed by atoms with van der Waals surface area (Å²) in [7, 11) is 1.88. The summed E-state index contributed by atoms with van der Waals surface area (Å²) in [6.07, 6.45) is 0.482. The minimum atomic E-state index is -0.121. The molecule has 0 radical (unpaired) electrons. The predicted octanol–water partition coefficient (Wildman–Crippen LogP) is 4.20. The molecule has 2 heterocycles. The molecule has 0 unspecified atom stereocenters. The van der Waals surface area contributed by atoms with Gasteiger partial charge in [-0.25, -0.2) is 0 Å². The molecule has 0 bridgehead atoms. The van der Waals surface area contributed by atoms with Crippen LogP contribution in [0.4, 0.5) is 5.69 Å². The number of thioether (sulfide) groups is 1. The van der Waals surface area contributed by atoms with Crippen molar-refractivity contribution in [3.05, 3.63) is 40.9 Å². The van der Waals surface area contributed by atoms with Crippen LogP contribution in [0.3, 0.4) is 0 Å². The molecule has 7 heteroatoms. The van der Waals surface area contributed by atoms with E-state index in [1.165, 1.54) is 11.3 Å². The van der Waals surface area contributed by atoms with Gasteiger partial charge in [-0.05, 0) is 25.1 Å². The minimum absolute atomic E-state index is 0.121. The molecule has 1 N–H and O–H groups in total. The Morgan fingerprint density at radius 2 is 2.25 bits per heavy atom. The Hall–Kier alpha value is -2.30. The van der Waals surface area contributed by atoms with E-state index in [2.05, 4.69) is 16.5 Å². The lowest BCUT2D eigenvalue weighted by Gasteiger charge is -2.09. The van der Waals surface area contributed by atoms with Crippen LogP contribution in [-0.2, 0) is 7.05 Å². The Balaban J connectivity index is 1.81. The Bertz CT molecular complexity index is 901. The number of nitrogens with one attached hydrogen (secondary N) is 1. The number of thiophene rings is 1. The van der Waals surface area contributed by atoms with Gasteiger partial charge in [-0.3, -0.25) is 9.48 Å². The van der Waals surface area contributed by atoms with Crippen molar-refractivity contribution >= 4 is 44.9 Å². The number of para-hydroxylation sites is 1. The molecule has 24 heavy (non-hydrogen) atoms. The second-order valence-corrected chi connectivity index (χ2v) is 7.41. The molecule has 0 atom stereocenters. The van der Waals surface area contributed by atoms with Crippen molar-refractivity contribution in [2.75, 3.05) is 11.1 Å². The zero-order valence-electron chi connectivity index (χ0n) is 13.4. The van der Waals surface area contributed by atoms with Crippen LogP contribution in [0.2, 0.25) is 0 Å². The van der Waals surface area contributed by atoms with E-state index < -0.39 is 0 Å². The predicted molar refractivity (Wildman–Crippen MR) is 98.7 cm³/mol. The second kappa shape index (κ2) is 7.07. The Labute approximate surface area is 148 Å². The number of nitriles is 1. The third kappa shape index (κ3) is 3.30. The largest absolute Gasteiger partial charge is 0.320 e. The number of hydrogen-bond donors (Lipinski definition) is 1. The molecule has 3 aromatic rings. The van der Waals surface area contributed by atoms with Gasteiger partial charge >= 0.3 is 0 Å². The van der Waals surface area contributed by atoms with E-state index in [1.807, 2.05) is 44.3 Å². The maximum atomic E-state index is 12.6. The maximum absolute atomic E-state index is 12.6. The highest BCUT2D eigenvalue weighted by Crippen LogP contribution is 2.31. The summed E-state index contributed by atoms with van der Waals surface area (Å²) < 4.78 is 1.80. The zero-order chi connectivity index (χ0) is 17.1. The highest BCUT2D eigenvalue weighted by Gasteiger charge is 2.16. The molecular weight excluding hydrogens is 340 g/mol. The lowest BCUT2D eigenvalue weighted by molar-refractivity contribution is 0.103. The maximum Gasteiger partial charge on any atom is 0.265 e. The zero-order valence-corrected chi connectivity index (χ0v) is 15.0. The van der Waals surface area contributed by atoms with Gasteiger partial charge in [0, 0.05) is 29.5 Å². The van der Waals surface area contributed by atoms with Gasteiger partial charge in [0.15, 0.2) is 0 Å². The lowest BCUT2D eigenvalue weighted by Crippen LogP contribution is -2.10. The van der Waals surface area contributed by atoms with Crippen LogP contribution in [0.15, 0.2) is 35.2 Å². The first kappa shape index (κ1) is 16.6. The molecule has 2 aromatic heterocycles. The fraction of sp³-hybridized carbons (Fsp3) is 0.235. The number of benzene rings is 1. The minimum Gasteiger partial charge on any atom is -0.320 e. The van der Waals surface area contributed by atoms with E-state index in [1.54, 1.807) is 16.4 Å². The van der Waals surface area contributed by atoms with Crippen molar-refractivity contribution in [1.29, 1.82) is 5.26 Å². The van der Waals surface area contributed by atoms with Gasteiger partial charge in [0.05, 0.1) is 22.3 Å². The second-order valence-electron chi connectivity index (χ2n) is 5.25. The molecule has 5 nitrogen and oxygen atoms in total. The summed E-state index contributed by atoms with van der Waals surface area (Å²) in [6.45, 7) is 1.94. The molecule has 1 amide bonds. The average molecular weight is 356 g/mol. The van der Waals surface area contributed by atoms with Gasteiger partial charge in [0.2, 0.25) is 0 Å². The van der Waals surface area contributed by atoms with E-state index in [9.17, 15) is 4.79 Å². The molecule has 0 spiro atoms. The fourth-order valence-corrected chi connectivity index (χ4v) is 4.28. The van der Waals surface area contributed by atoms with Crippen molar-refractivity contribution in [1.82, 2.24) is 9.78 Å². The molecular formula is C17H16N4OS2. The molecule has 0 aliphatic rings. The number of fused-ring (bicyclic) bond motifs is 1. The molecule has 3 rings (SSSR count). The summed E-state index contributed by atoms with van der Waals surface area (Å²) in [4.78, 5) is 15.2. The van der Waals surface area contributed by atoms with Crippen LogP contribution >= 0.6 is 23.1 Å². The Morgan fingerprint density at radius 1 is 1.46 bits per heavy atom. The van der Waals surface area contributed by atoms with Crippen molar-refractivity contribution < 1.29 is 4.79 Å². The number of aromatic nitrogens is 2. The summed E-state index contributed by atoms with van der Waals surface area (Å²) in [6, 6.07) is 11.7. The van der Waals surface area contributed by atoms with Crippen LogP contribution in [0.5, 0.6) is 0 Å². The van der Waals surface area contributed by atoms with Gasteiger partial charge in [-0.1, -0.05) is 12.1 Å². The quantitative estimate of drug-likeness (QED) is 0.549. The summed E-state index contributed by atoms with van der Waals surface area (Å²) in [5.74, 6) is 0.584. The molecule has 0 aliphatic heterocycles. The van der Waals surface area contributed by atoms with Gasteiger partial charge in [0.25, 0.3) is 5.91 Å². The fourth-order valence-electron chi connectivity index (χ4n) is 2.40. The van der Waals surface area contributed by atoms with Crippen LogP contribution < -0.4 is 5.32 Å².